The van der Waals surface area contributed by atoms with E-state index in [1.54, 1.807) is 22.5 Å². The molecule has 106 valence electrons. The van der Waals surface area contributed by atoms with Crippen LogP contribution in [0.4, 0.5) is 0 Å². The number of hydrogen-bond donors (Lipinski definition) is 0. The number of fused-ring (bicyclic) bond motifs is 1. The Morgan fingerprint density at radius 3 is 2.71 bits per heavy atom. The molecule has 21 heavy (non-hydrogen) atoms. The van der Waals surface area contributed by atoms with E-state index >= 15 is 0 Å². The highest BCUT2D eigenvalue weighted by molar-refractivity contribution is 7.98. The summed E-state index contributed by atoms with van der Waals surface area (Å²) in [6.45, 7) is 2.57. The lowest BCUT2D eigenvalue weighted by molar-refractivity contribution is 0.634. The Morgan fingerprint density at radius 1 is 1.14 bits per heavy atom. The molecule has 2 heterocycles. The molecule has 0 aliphatic heterocycles. The highest BCUT2D eigenvalue weighted by atomic mass is 32.2. The Morgan fingerprint density at radius 2 is 1.95 bits per heavy atom. The van der Waals surface area contributed by atoms with Gasteiger partial charge in [-0.05, 0) is 31.2 Å². The predicted octanol–water partition coefficient (Wildman–Crippen LogP) is 3.10. The highest BCUT2D eigenvalue weighted by Crippen LogP contribution is 2.21. The lowest BCUT2D eigenvalue weighted by Crippen LogP contribution is -2.22. The average Bonchev–Trinajstić information content (AvgIpc) is 2.54. The van der Waals surface area contributed by atoms with Gasteiger partial charge in [0.1, 0.15) is 0 Å². The Kier molecular flexibility index (Phi) is 4.01. The van der Waals surface area contributed by atoms with Gasteiger partial charge in [0, 0.05) is 18.5 Å². The molecule has 0 radical (unpaired) electrons. The van der Waals surface area contributed by atoms with Crippen LogP contribution in [0, 0.1) is 0 Å². The average molecular weight is 297 g/mol. The molecule has 3 rings (SSSR count). The molecule has 0 spiro atoms. The van der Waals surface area contributed by atoms with Crippen molar-refractivity contribution in [2.24, 2.45) is 0 Å². The van der Waals surface area contributed by atoms with Crippen LogP contribution in [0.25, 0.3) is 10.9 Å². The number of hydrogen-bond acceptors (Lipinski definition) is 4. The molecule has 0 saturated heterocycles. The number of para-hydroxylation sites is 1. The van der Waals surface area contributed by atoms with Crippen molar-refractivity contribution in [2.45, 2.75) is 24.4 Å². The first kappa shape index (κ1) is 13.8. The van der Waals surface area contributed by atoms with E-state index in [4.69, 9.17) is 0 Å². The maximum atomic E-state index is 12.5. The van der Waals surface area contributed by atoms with Crippen LogP contribution in [0.5, 0.6) is 0 Å². The van der Waals surface area contributed by atoms with Crippen LogP contribution in [0.2, 0.25) is 0 Å². The standard InChI is InChI=1S/C16H15N3OS/c1-2-19-15(20)13-8-3-4-9-14(13)18-16(19)21-11-12-7-5-6-10-17-12/h3-10H,2,11H2,1H3. The number of benzene rings is 1. The van der Waals surface area contributed by atoms with Crippen molar-refractivity contribution in [1.29, 1.82) is 0 Å². The third-order valence-electron chi connectivity index (χ3n) is 3.22. The van der Waals surface area contributed by atoms with Gasteiger partial charge in [-0.15, -0.1) is 0 Å². The van der Waals surface area contributed by atoms with Crippen LogP contribution in [0.3, 0.4) is 0 Å². The molecule has 0 atom stereocenters. The van der Waals surface area contributed by atoms with Crippen molar-refractivity contribution < 1.29 is 0 Å². The van der Waals surface area contributed by atoms with Gasteiger partial charge in [0.2, 0.25) is 0 Å². The molecule has 0 N–H and O–H groups in total. The molecule has 5 heteroatoms. The summed E-state index contributed by atoms with van der Waals surface area (Å²) >= 11 is 1.54. The third kappa shape index (κ3) is 2.83. The predicted molar refractivity (Wildman–Crippen MR) is 85.5 cm³/mol. The van der Waals surface area contributed by atoms with Crippen LogP contribution in [-0.2, 0) is 12.3 Å². The topological polar surface area (TPSA) is 47.8 Å². The molecular weight excluding hydrogens is 282 g/mol. The van der Waals surface area contributed by atoms with Gasteiger partial charge in [-0.25, -0.2) is 4.98 Å². The van der Waals surface area contributed by atoms with E-state index in [0.29, 0.717) is 17.7 Å². The molecule has 0 amide bonds. The number of aromatic nitrogens is 3. The zero-order valence-corrected chi connectivity index (χ0v) is 12.5. The number of nitrogens with zero attached hydrogens (tertiary/aromatic N) is 3. The SMILES string of the molecule is CCn1c(SCc2ccccn2)nc2ccccc2c1=O. The minimum Gasteiger partial charge on any atom is -0.287 e. The molecule has 1 aromatic carbocycles. The number of rotatable bonds is 4. The van der Waals surface area contributed by atoms with Gasteiger partial charge < -0.3 is 0 Å². The van der Waals surface area contributed by atoms with Crippen LogP contribution >= 0.6 is 11.8 Å². The molecule has 0 aliphatic carbocycles. The Bertz CT molecular complexity index is 815. The molecule has 4 nitrogen and oxygen atoms in total. The summed E-state index contributed by atoms with van der Waals surface area (Å²) in [7, 11) is 0. The molecule has 2 aromatic heterocycles. The smallest absolute Gasteiger partial charge is 0.262 e. The summed E-state index contributed by atoms with van der Waals surface area (Å²) in [6.07, 6.45) is 1.77. The minimum atomic E-state index is 0.0200. The first-order chi connectivity index (χ1) is 10.3. The summed E-state index contributed by atoms with van der Waals surface area (Å²) in [4.78, 5) is 21.4. The monoisotopic (exact) mass is 297 g/mol. The van der Waals surface area contributed by atoms with E-state index in [1.165, 1.54) is 0 Å². The number of pyridine rings is 1. The van der Waals surface area contributed by atoms with Crippen LogP contribution in [-0.4, -0.2) is 14.5 Å². The molecule has 0 fully saturated rings. The highest BCUT2D eigenvalue weighted by Gasteiger charge is 2.10. The molecule has 3 aromatic rings. The summed E-state index contributed by atoms with van der Waals surface area (Å²) in [6, 6.07) is 13.3. The van der Waals surface area contributed by atoms with E-state index in [-0.39, 0.29) is 5.56 Å². The Balaban J connectivity index is 1.99. The minimum absolute atomic E-state index is 0.0200. The van der Waals surface area contributed by atoms with Crippen LogP contribution in [0.15, 0.2) is 58.6 Å². The zero-order valence-electron chi connectivity index (χ0n) is 11.7. The van der Waals surface area contributed by atoms with Crippen molar-refractivity contribution in [2.75, 3.05) is 0 Å². The second-order valence-corrected chi connectivity index (χ2v) is 5.51. The zero-order chi connectivity index (χ0) is 14.7. The molecule has 0 bridgehead atoms. The van der Waals surface area contributed by atoms with Gasteiger partial charge in [0.05, 0.1) is 16.6 Å². The second kappa shape index (κ2) is 6.10. The molecule has 0 saturated carbocycles. The van der Waals surface area contributed by atoms with Crippen molar-refractivity contribution in [1.82, 2.24) is 14.5 Å². The molecular formula is C16H15N3OS. The maximum absolute atomic E-state index is 12.5. The normalized spacial score (nSPS) is 10.9. The lowest BCUT2D eigenvalue weighted by Gasteiger charge is -2.10. The second-order valence-electron chi connectivity index (χ2n) is 4.57. The van der Waals surface area contributed by atoms with E-state index in [9.17, 15) is 4.79 Å². The summed E-state index contributed by atoms with van der Waals surface area (Å²) in [5.41, 5.74) is 1.75. The summed E-state index contributed by atoms with van der Waals surface area (Å²) < 4.78 is 1.72. The van der Waals surface area contributed by atoms with Gasteiger partial charge in [0.25, 0.3) is 5.56 Å². The van der Waals surface area contributed by atoms with Gasteiger partial charge in [-0.1, -0.05) is 30.0 Å². The van der Waals surface area contributed by atoms with E-state index in [0.717, 1.165) is 16.4 Å². The quantitative estimate of drug-likeness (QED) is 0.548. The Hall–Kier alpha value is -2.14. The fourth-order valence-electron chi connectivity index (χ4n) is 2.16. The molecule has 0 unspecified atom stereocenters. The number of thioether (sulfide) groups is 1. The fourth-order valence-corrected chi connectivity index (χ4v) is 3.14. The van der Waals surface area contributed by atoms with E-state index in [2.05, 4.69) is 9.97 Å². The van der Waals surface area contributed by atoms with E-state index in [1.807, 2.05) is 49.4 Å². The van der Waals surface area contributed by atoms with Gasteiger partial charge in [-0.2, -0.15) is 0 Å². The lowest BCUT2D eigenvalue weighted by atomic mass is 10.2. The first-order valence-electron chi connectivity index (χ1n) is 6.82. The van der Waals surface area contributed by atoms with Crippen molar-refractivity contribution in [3.05, 3.63) is 64.7 Å². The van der Waals surface area contributed by atoms with Crippen molar-refractivity contribution >= 4 is 22.7 Å². The first-order valence-corrected chi connectivity index (χ1v) is 7.80. The van der Waals surface area contributed by atoms with Crippen molar-refractivity contribution in [3.8, 4) is 0 Å². The van der Waals surface area contributed by atoms with Gasteiger partial charge in [0.15, 0.2) is 5.16 Å². The van der Waals surface area contributed by atoms with Crippen LogP contribution in [0.1, 0.15) is 12.6 Å². The molecule has 0 aliphatic rings. The third-order valence-corrected chi connectivity index (χ3v) is 4.23. The fraction of sp³-hybridized carbons (Fsp3) is 0.188. The van der Waals surface area contributed by atoms with Gasteiger partial charge in [-0.3, -0.25) is 14.3 Å². The largest absolute Gasteiger partial charge is 0.287 e. The van der Waals surface area contributed by atoms with E-state index < -0.39 is 0 Å². The van der Waals surface area contributed by atoms with Crippen LogP contribution < -0.4 is 5.56 Å². The Labute approximate surface area is 126 Å². The summed E-state index contributed by atoms with van der Waals surface area (Å²) in [5, 5.41) is 1.41. The summed E-state index contributed by atoms with van der Waals surface area (Å²) in [5.74, 6) is 0.700. The maximum Gasteiger partial charge on any atom is 0.262 e. The van der Waals surface area contributed by atoms with Crippen molar-refractivity contribution in [3.63, 3.8) is 0 Å². The van der Waals surface area contributed by atoms with Gasteiger partial charge >= 0.3 is 0 Å².